The van der Waals surface area contributed by atoms with Gasteiger partial charge in [0.25, 0.3) is 11.8 Å². The van der Waals surface area contributed by atoms with E-state index >= 15 is 0 Å². The van der Waals surface area contributed by atoms with Crippen molar-refractivity contribution in [2.24, 2.45) is 0 Å². The monoisotopic (exact) mass is 307 g/mol. The fraction of sp³-hybridized carbons (Fsp3) is 0.357. The molecule has 0 fully saturated rings. The standard InChI is InChI=1S/C14H14F5NO/c1-4-8(2)12(21)20-11-6-9(13(3,15)16)5-10(7-11)14(17,18)19/h4-7H,1-3H3,(H,20,21)/b8-4-. The summed E-state index contributed by atoms with van der Waals surface area (Å²) in [4.78, 5) is 11.6. The van der Waals surface area contributed by atoms with E-state index in [1.165, 1.54) is 13.0 Å². The summed E-state index contributed by atoms with van der Waals surface area (Å²) < 4.78 is 64.7. The van der Waals surface area contributed by atoms with E-state index in [1.54, 1.807) is 6.92 Å². The lowest BCUT2D eigenvalue weighted by Crippen LogP contribution is -2.16. The minimum atomic E-state index is -4.78. The van der Waals surface area contributed by atoms with Gasteiger partial charge < -0.3 is 5.32 Å². The molecule has 1 aromatic rings. The van der Waals surface area contributed by atoms with Gasteiger partial charge in [-0.25, -0.2) is 8.78 Å². The molecule has 2 nitrogen and oxygen atoms in total. The van der Waals surface area contributed by atoms with Crippen LogP contribution in [-0.4, -0.2) is 5.91 Å². The average Bonchev–Trinajstić information content (AvgIpc) is 2.35. The third-order valence-corrected chi connectivity index (χ3v) is 2.82. The lowest BCUT2D eigenvalue weighted by Gasteiger charge is -2.16. The van der Waals surface area contributed by atoms with Crippen molar-refractivity contribution in [1.82, 2.24) is 0 Å². The summed E-state index contributed by atoms with van der Waals surface area (Å²) in [5.41, 5.74) is -2.12. The highest BCUT2D eigenvalue weighted by atomic mass is 19.4. The first kappa shape index (κ1) is 17.1. The molecule has 116 valence electrons. The van der Waals surface area contributed by atoms with Crippen molar-refractivity contribution >= 4 is 11.6 Å². The molecule has 0 aliphatic rings. The number of carbonyl (C=O) groups excluding carboxylic acids is 1. The highest BCUT2D eigenvalue weighted by Gasteiger charge is 2.34. The summed E-state index contributed by atoms with van der Waals surface area (Å²) >= 11 is 0. The largest absolute Gasteiger partial charge is 0.416 e. The van der Waals surface area contributed by atoms with Crippen LogP contribution in [0.2, 0.25) is 0 Å². The Hall–Kier alpha value is -1.92. The van der Waals surface area contributed by atoms with Crippen LogP contribution in [0, 0.1) is 0 Å². The zero-order valence-corrected chi connectivity index (χ0v) is 11.6. The Bertz CT molecular complexity index is 537. The van der Waals surface area contributed by atoms with E-state index in [-0.39, 0.29) is 11.3 Å². The van der Waals surface area contributed by atoms with E-state index in [2.05, 4.69) is 5.32 Å². The maximum Gasteiger partial charge on any atom is 0.416 e. The van der Waals surface area contributed by atoms with Crippen molar-refractivity contribution in [3.8, 4) is 0 Å². The molecule has 1 amide bonds. The Morgan fingerprint density at radius 1 is 1.10 bits per heavy atom. The Morgan fingerprint density at radius 3 is 2.05 bits per heavy atom. The average molecular weight is 307 g/mol. The van der Waals surface area contributed by atoms with Gasteiger partial charge in [0.15, 0.2) is 0 Å². The highest BCUT2D eigenvalue weighted by molar-refractivity contribution is 6.03. The molecule has 1 rings (SSSR count). The molecule has 21 heavy (non-hydrogen) atoms. The van der Waals surface area contributed by atoms with Crippen LogP contribution < -0.4 is 5.32 Å². The van der Waals surface area contributed by atoms with Crippen LogP contribution in [0.15, 0.2) is 29.8 Å². The van der Waals surface area contributed by atoms with E-state index in [1.807, 2.05) is 0 Å². The molecule has 0 unspecified atom stereocenters. The van der Waals surface area contributed by atoms with E-state index in [9.17, 15) is 26.7 Å². The Labute approximate surface area is 118 Å². The first-order chi connectivity index (χ1) is 9.45. The molecular weight excluding hydrogens is 293 g/mol. The van der Waals surface area contributed by atoms with Gasteiger partial charge in [-0.3, -0.25) is 4.79 Å². The van der Waals surface area contributed by atoms with Gasteiger partial charge in [0, 0.05) is 23.7 Å². The van der Waals surface area contributed by atoms with Gasteiger partial charge in [-0.2, -0.15) is 13.2 Å². The second kappa shape index (κ2) is 5.83. The molecule has 0 aromatic heterocycles. The predicted molar refractivity (Wildman–Crippen MR) is 69.1 cm³/mol. The van der Waals surface area contributed by atoms with Crippen LogP contribution in [-0.2, 0) is 16.9 Å². The van der Waals surface area contributed by atoms with Crippen LogP contribution in [0.4, 0.5) is 27.6 Å². The molecule has 0 saturated heterocycles. The predicted octanol–water partition coefficient (Wildman–Crippen LogP) is 4.72. The van der Waals surface area contributed by atoms with Crippen LogP contribution in [0.1, 0.15) is 31.9 Å². The number of allylic oxidation sites excluding steroid dienone is 1. The zero-order chi connectivity index (χ0) is 16.4. The number of carbonyl (C=O) groups is 1. The number of rotatable bonds is 3. The van der Waals surface area contributed by atoms with Gasteiger partial charge in [0.2, 0.25) is 0 Å². The van der Waals surface area contributed by atoms with E-state index in [0.717, 1.165) is 6.07 Å². The summed E-state index contributed by atoms with van der Waals surface area (Å²) in [7, 11) is 0. The summed E-state index contributed by atoms with van der Waals surface area (Å²) in [6.07, 6.45) is -3.32. The van der Waals surface area contributed by atoms with Crippen molar-refractivity contribution in [3.63, 3.8) is 0 Å². The lowest BCUT2D eigenvalue weighted by molar-refractivity contribution is -0.137. The minimum absolute atomic E-state index is 0.261. The molecule has 0 bridgehead atoms. The molecule has 0 aliphatic heterocycles. The van der Waals surface area contributed by atoms with Crippen molar-refractivity contribution in [3.05, 3.63) is 41.0 Å². The van der Waals surface area contributed by atoms with Crippen LogP contribution in [0.3, 0.4) is 0 Å². The Morgan fingerprint density at radius 2 is 1.62 bits per heavy atom. The normalized spacial score (nSPS) is 13.2. The third kappa shape index (κ3) is 4.54. The zero-order valence-electron chi connectivity index (χ0n) is 11.6. The molecule has 0 spiro atoms. The Balaban J connectivity index is 3.30. The van der Waals surface area contributed by atoms with Crippen molar-refractivity contribution in [2.45, 2.75) is 32.9 Å². The fourth-order valence-electron chi connectivity index (χ4n) is 1.48. The maximum atomic E-state index is 13.3. The highest BCUT2D eigenvalue weighted by Crippen LogP contribution is 2.36. The van der Waals surface area contributed by atoms with Crippen LogP contribution >= 0.6 is 0 Å². The minimum Gasteiger partial charge on any atom is -0.322 e. The first-order valence-electron chi connectivity index (χ1n) is 6.00. The molecule has 0 atom stereocenters. The van der Waals surface area contributed by atoms with Gasteiger partial charge >= 0.3 is 6.18 Å². The molecule has 7 heteroatoms. The van der Waals surface area contributed by atoms with Crippen LogP contribution in [0.25, 0.3) is 0 Å². The lowest BCUT2D eigenvalue weighted by atomic mass is 10.0. The van der Waals surface area contributed by atoms with Gasteiger partial charge in [-0.15, -0.1) is 0 Å². The number of nitrogens with one attached hydrogen (secondary N) is 1. The molecule has 0 heterocycles. The number of amides is 1. The molecule has 1 N–H and O–H groups in total. The molecule has 0 radical (unpaired) electrons. The smallest absolute Gasteiger partial charge is 0.322 e. The number of alkyl halides is 5. The van der Waals surface area contributed by atoms with Crippen molar-refractivity contribution in [1.29, 1.82) is 0 Å². The number of halogens is 5. The second-order valence-corrected chi connectivity index (χ2v) is 4.61. The van der Waals surface area contributed by atoms with Gasteiger partial charge in [-0.05, 0) is 32.0 Å². The SMILES string of the molecule is C/C=C(/C)C(=O)Nc1cc(C(C)(F)F)cc(C(F)(F)F)c1. The van der Waals surface area contributed by atoms with Gasteiger partial charge in [0.05, 0.1) is 5.56 Å². The summed E-state index contributed by atoms with van der Waals surface area (Å²) in [5.74, 6) is -4.10. The summed E-state index contributed by atoms with van der Waals surface area (Å²) in [6, 6.07) is 1.82. The fourth-order valence-corrected chi connectivity index (χ4v) is 1.48. The number of benzene rings is 1. The number of anilines is 1. The first-order valence-corrected chi connectivity index (χ1v) is 6.00. The second-order valence-electron chi connectivity index (χ2n) is 4.61. The molecule has 1 aromatic carbocycles. The quantitative estimate of drug-likeness (QED) is 0.635. The van der Waals surface area contributed by atoms with Gasteiger partial charge in [0.1, 0.15) is 0 Å². The van der Waals surface area contributed by atoms with E-state index in [4.69, 9.17) is 0 Å². The number of hydrogen-bond donors (Lipinski definition) is 1. The molecule has 0 saturated carbocycles. The van der Waals surface area contributed by atoms with E-state index in [0.29, 0.717) is 19.1 Å². The van der Waals surface area contributed by atoms with Crippen molar-refractivity contribution in [2.75, 3.05) is 5.32 Å². The molecular formula is C14H14F5NO. The van der Waals surface area contributed by atoms with Gasteiger partial charge in [-0.1, -0.05) is 6.08 Å². The third-order valence-electron chi connectivity index (χ3n) is 2.82. The summed E-state index contributed by atoms with van der Waals surface area (Å²) in [6.45, 7) is 3.52. The maximum absolute atomic E-state index is 13.3. The van der Waals surface area contributed by atoms with Crippen molar-refractivity contribution < 1.29 is 26.7 Å². The Kier molecular flexibility index (Phi) is 4.76. The molecule has 0 aliphatic carbocycles. The number of hydrogen-bond acceptors (Lipinski definition) is 1. The topological polar surface area (TPSA) is 29.1 Å². The van der Waals surface area contributed by atoms with Crippen LogP contribution in [0.5, 0.6) is 0 Å². The van der Waals surface area contributed by atoms with E-state index < -0.39 is 29.1 Å². The summed E-state index contributed by atoms with van der Waals surface area (Å²) in [5, 5.41) is 2.18.